The molecule has 1 heterocycles. The zero-order chi connectivity index (χ0) is 18.6. The molecule has 1 aliphatic heterocycles. The summed E-state index contributed by atoms with van der Waals surface area (Å²) in [7, 11) is 1.35. The Hall–Kier alpha value is -2.01. The third-order valence-electron chi connectivity index (χ3n) is 3.82. The second kappa shape index (κ2) is 7.91. The molecule has 1 fully saturated rings. The molecule has 0 N–H and O–H groups in total. The highest BCUT2D eigenvalue weighted by molar-refractivity contribution is 6.21. The fraction of sp³-hybridized carbons (Fsp3) is 0.474. The predicted molar refractivity (Wildman–Crippen MR) is 97.8 cm³/mol. The maximum atomic E-state index is 12.3. The zero-order valence-corrected chi connectivity index (χ0v) is 15.7. The van der Waals surface area contributed by atoms with E-state index in [4.69, 9.17) is 16.3 Å². The Morgan fingerprint density at radius 1 is 1.24 bits per heavy atom. The number of methoxy groups -OCH3 is 1. The maximum absolute atomic E-state index is 12.3. The van der Waals surface area contributed by atoms with Crippen molar-refractivity contribution in [3.63, 3.8) is 0 Å². The van der Waals surface area contributed by atoms with Gasteiger partial charge in [0.15, 0.2) is 0 Å². The average Bonchev–Trinajstić information content (AvgIpc) is 2.92. The van der Waals surface area contributed by atoms with Crippen LogP contribution in [0.25, 0.3) is 6.08 Å². The summed E-state index contributed by atoms with van der Waals surface area (Å²) in [6, 6.07) is 6.81. The van der Waals surface area contributed by atoms with E-state index in [0.29, 0.717) is 12.1 Å². The van der Waals surface area contributed by atoms with E-state index in [0.717, 1.165) is 12.0 Å². The normalized spacial score (nSPS) is 20.8. The first kappa shape index (κ1) is 19.3. The number of alkyl halides is 1. The van der Waals surface area contributed by atoms with Gasteiger partial charge in [-0.25, -0.2) is 9.59 Å². The van der Waals surface area contributed by atoms with Crippen LogP contribution in [-0.2, 0) is 9.47 Å². The number of carbonyl (C=O) groups excluding carboxylic acids is 2. The van der Waals surface area contributed by atoms with Crippen molar-refractivity contribution in [3.8, 4) is 0 Å². The quantitative estimate of drug-likeness (QED) is 0.597. The summed E-state index contributed by atoms with van der Waals surface area (Å²) in [5.74, 6) is -0.372. The van der Waals surface area contributed by atoms with Crippen LogP contribution in [0.15, 0.2) is 30.3 Å². The first-order valence-electron chi connectivity index (χ1n) is 8.21. The van der Waals surface area contributed by atoms with Crippen LogP contribution in [-0.4, -0.2) is 47.6 Å². The molecule has 1 aliphatic rings. The lowest BCUT2D eigenvalue weighted by Crippen LogP contribution is -2.40. The third-order valence-corrected chi connectivity index (χ3v) is 4.30. The fourth-order valence-electron chi connectivity index (χ4n) is 2.59. The summed E-state index contributed by atoms with van der Waals surface area (Å²) in [6.07, 6.45) is 4.16. The highest BCUT2D eigenvalue weighted by atomic mass is 35.5. The minimum atomic E-state index is -0.542. The summed E-state index contributed by atoms with van der Waals surface area (Å²) < 4.78 is 10.1. The smallest absolute Gasteiger partial charge is 0.410 e. The number of likely N-dealkylation sites (tertiary alicyclic amines) is 1. The molecule has 0 unspecified atom stereocenters. The van der Waals surface area contributed by atoms with Crippen molar-refractivity contribution in [1.29, 1.82) is 0 Å². The van der Waals surface area contributed by atoms with Crippen molar-refractivity contribution in [2.24, 2.45) is 0 Å². The highest BCUT2D eigenvalue weighted by Crippen LogP contribution is 2.26. The van der Waals surface area contributed by atoms with Crippen LogP contribution in [0.2, 0.25) is 0 Å². The molecule has 2 rings (SSSR count). The van der Waals surface area contributed by atoms with E-state index in [1.807, 2.05) is 45.1 Å². The Morgan fingerprint density at radius 2 is 1.88 bits per heavy atom. The van der Waals surface area contributed by atoms with Gasteiger partial charge in [0.1, 0.15) is 5.60 Å². The van der Waals surface area contributed by atoms with Gasteiger partial charge in [-0.1, -0.05) is 24.3 Å². The van der Waals surface area contributed by atoms with Crippen molar-refractivity contribution in [2.45, 2.75) is 44.2 Å². The minimum absolute atomic E-state index is 0.155. The second-order valence-electron chi connectivity index (χ2n) is 6.94. The molecule has 0 aliphatic carbocycles. The number of hydrogen-bond donors (Lipinski definition) is 0. The van der Waals surface area contributed by atoms with E-state index in [1.54, 1.807) is 17.0 Å². The second-order valence-corrected chi connectivity index (χ2v) is 7.50. The highest BCUT2D eigenvalue weighted by Gasteiger charge is 2.36. The minimum Gasteiger partial charge on any atom is -0.465 e. The molecule has 5 nitrogen and oxygen atoms in total. The number of nitrogens with zero attached hydrogens (tertiary/aromatic N) is 1. The van der Waals surface area contributed by atoms with Crippen molar-refractivity contribution >= 4 is 29.7 Å². The molecule has 0 spiro atoms. The van der Waals surface area contributed by atoms with Gasteiger partial charge < -0.3 is 14.4 Å². The topological polar surface area (TPSA) is 55.8 Å². The van der Waals surface area contributed by atoms with Gasteiger partial charge in [0.2, 0.25) is 0 Å². The molecular weight excluding hydrogens is 342 g/mol. The zero-order valence-electron chi connectivity index (χ0n) is 15.0. The molecule has 6 heteroatoms. The van der Waals surface area contributed by atoms with Crippen molar-refractivity contribution in [1.82, 2.24) is 4.90 Å². The molecule has 1 saturated heterocycles. The van der Waals surface area contributed by atoms with Gasteiger partial charge >= 0.3 is 12.1 Å². The molecule has 0 bridgehead atoms. The number of hydrogen-bond acceptors (Lipinski definition) is 4. The van der Waals surface area contributed by atoms with Gasteiger partial charge in [0, 0.05) is 6.54 Å². The summed E-state index contributed by atoms with van der Waals surface area (Å²) in [6.45, 7) is 6.09. The lowest BCUT2D eigenvalue weighted by Gasteiger charge is -2.28. The molecule has 2 atom stereocenters. The average molecular weight is 366 g/mol. The van der Waals surface area contributed by atoms with Crippen LogP contribution in [0.5, 0.6) is 0 Å². The van der Waals surface area contributed by atoms with Gasteiger partial charge in [-0.05, 0) is 44.9 Å². The number of halogens is 1. The molecule has 0 saturated carbocycles. The van der Waals surface area contributed by atoms with E-state index in [2.05, 4.69) is 4.74 Å². The predicted octanol–water partition coefficient (Wildman–Crippen LogP) is 4.10. The molecule has 1 aromatic carbocycles. The molecule has 0 radical (unpaired) electrons. The number of benzene rings is 1. The van der Waals surface area contributed by atoms with E-state index in [1.165, 1.54) is 7.11 Å². The van der Waals surface area contributed by atoms with Gasteiger partial charge in [-0.2, -0.15) is 0 Å². The number of rotatable bonds is 3. The monoisotopic (exact) mass is 365 g/mol. The summed E-state index contributed by atoms with van der Waals surface area (Å²) in [5.41, 5.74) is 0.859. The van der Waals surface area contributed by atoms with Crippen LogP contribution in [0.3, 0.4) is 0 Å². The van der Waals surface area contributed by atoms with Crippen LogP contribution in [0, 0.1) is 0 Å². The first-order valence-corrected chi connectivity index (χ1v) is 8.65. The van der Waals surface area contributed by atoms with Crippen LogP contribution in [0.1, 0.15) is 43.1 Å². The van der Waals surface area contributed by atoms with E-state index < -0.39 is 5.60 Å². The van der Waals surface area contributed by atoms with E-state index in [-0.39, 0.29) is 23.5 Å². The number of esters is 1. The molecule has 136 valence electrons. The third kappa shape index (κ3) is 5.23. The number of carbonyl (C=O) groups is 2. The molecule has 25 heavy (non-hydrogen) atoms. The Kier molecular flexibility index (Phi) is 6.11. The number of ether oxygens (including phenoxy) is 2. The molecular formula is C19H24ClNO4. The van der Waals surface area contributed by atoms with Crippen molar-refractivity contribution in [3.05, 3.63) is 41.5 Å². The Bertz CT molecular complexity index is 648. The van der Waals surface area contributed by atoms with E-state index >= 15 is 0 Å². The van der Waals surface area contributed by atoms with Crippen LogP contribution < -0.4 is 0 Å². The summed E-state index contributed by atoms with van der Waals surface area (Å²) >= 11 is 6.38. The van der Waals surface area contributed by atoms with Crippen molar-refractivity contribution in [2.75, 3.05) is 13.7 Å². The van der Waals surface area contributed by atoms with Crippen molar-refractivity contribution < 1.29 is 19.1 Å². The van der Waals surface area contributed by atoms with E-state index in [9.17, 15) is 9.59 Å². The lowest BCUT2D eigenvalue weighted by atomic mass is 10.1. The van der Waals surface area contributed by atoms with Gasteiger partial charge in [0.05, 0.1) is 24.1 Å². The molecule has 0 aromatic heterocycles. The SMILES string of the molecule is COC(=O)c1ccc(/C=C/[C@H]2[C@H](Cl)CCN2C(=O)OC(C)(C)C)cc1. The van der Waals surface area contributed by atoms with Gasteiger partial charge in [-0.15, -0.1) is 11.6 Å². The summed E-state index contributed by atoms with van der Waals surface area (Å²) in [4.78, 5) is 25.4. The Morgan fingerprint density at radius 3 is 2.44 bits per heavy atom. The lowest BCUT2D eigenvalue weighted by molar-refractivity contribution is 0.0256. The van der Waals surface area contributed by atoms with Crippen LogP contribution in [0.4, 0.5) is 4.79 Å². The number of amides is 1. The van der Waals surface area contributed by atoms with Gasteiger partial charge in [-0.3, -0.25) is 0 Å². The Balaban J connectivity index is 2.09. The first-order chi connectivity index (χ1) is 11.7. The fourth-order valence-corrected chi connectivity index (χ4v) is 2.91. The molecule has 1 aromatic rings. The maximum Gasteiger partial charge on any atom is 0.410 e. The molecule has 1 amide bonds. The summed E-state index contributed by atoms with van der Waals surface area (Å²) in [5, 5.41) is -0.155. The standard InChI is InChI=1S/C19H24ClNO4/c1-19(2,3)25-18(23)21-12-11-15(20)16(21)10-7-13-5-8-14(9-6-13)17(22)24-4/h5-10,15-16H,11-12H2,1-4H3/b10-7+/t15-,16+/m1/s1. The van der Waals surface area contributed by atoms with Gasteiger partial charge in [0.25, 0.3) is 0 Å². The van der Waals surface area contributed by atoms with Crippen LogP contribution >= 0.6 is 11.6 Å². The Labute approximate surface area is 153 Å². The largest absolute Gasteiger partial charge is 0.465 e.